The van der Waals surface area contributed by atoms with Crippen molar-refractivity contribution in [3.05, 3.63) is 48.4 Å². The van der Waals surface area contributed by atoms with E-state index in [1.165, 1.54) is 6.26 Å². The first-order valence-corrected chi connectivity index (χ1v) is 11.0. The second kappa shape index (κ2) is 10.9. The van der Waals surface area contributed by atoms with E-state index in [4.69, 9.17) is 13.9 Å². The van der Waals surface area contributed by atoms with E-state index in [0.29, 0.717) is 24.5 Å². The number of hydrogen-bond acceptors (Lipinski definition) is 6. The average Bonchev–Trinajstić information content (AvgIpc) is 3.44. The van der Waals surface area contributed by atoms with Gasteiger partial charge in [-0.25, -0.2) is 0 Å². The van der Waals surface area contributed by atoms with Crippen LogP contribution in [0.5, 0.6) is 5.75 Å². The fourth-order valence-corrected chi connectivity index (χ4v) is 3.47. The van der Waals surface area contributed by atoms with E-state index in [0.717, 1.165) is 25.2 Å². The van der Waals surface area contributed by atoms with Crippen molar-refractivity contribution in [2.45, 2.75) is 31.4 Å². The lowest BCUT2D eigenvalue weighted by Gasteiger charge is -2.18. The van der Waals surface area contributed by atoms with Gasteiger partial charge in [0.1, 0.15) is 18.4 Å². The summed E-state index contributed by atoms with van der Waals surface area (Å²) in [6.45, 7) is 1.28. The smallest absolute Gasteiger partial charge is 0.287 e. The zero-order chi connectivity index (χ0) is 20.5. The Hall–Kier alpha value is -2.45. The maximum Gasteiger partial charge on any atom is 0.287 e. The number of thioether (sulfide) groups is 1. The highest BCUT2D eigenvalue weighted by atomic mass is 32.2. The summed E-state index contributed by atoms with van der Waals surface area (Å²) in [6, 6.07) is 9.75. The number of nitrogens with one attached hydrogen (secondary N) is 2. The van der Waals surface area contributed by atoms with Gasteiger partial charge in [0, 0.05) is 18.4 Å². The lowest BCUT2D eigenvalue weighted by atomic mass is 10.2. The SMILES string of the molecule is CSCCC(NC(=O)c1ccco1)C(=O)Nc1cccc(OCC2CCCO2)c1. The highest BCUT2D eigenvalue weighted by molar-refractivity contribution is 7.98. The number of carbonyl (C=O) groups excluding carboxylic acids is 2. The first kappa shape index (κ1) is 21.3. The molecular weight excluding hydrogens is 392 g/mol. The first-order chi connectivity index (χ1) is 14.2. The molecule has 0 radical (unpaired) electrons. The van der Waals surface area contributed by atoms with Crippen LogP contribution in [0.15, 0.2) is 47.1 Å². The van der Waals surface area contributed by atoms with Crippen molar-refractivity contribution in [2.24, 2.45) is 0 Å². The number of rotatable bonds is 10. The van der Waals surface area contributed by atoms with Gasteiger partial charge >= 0.3 is 0 Å². The van der Waals surface area contributed by atoms with E-state index in [1.54, 1.807) is 36.0 Å². The summed E-state index contributed by atoms with van der Waals surface area (Å²) in [7, 11) is 0. The third kappa shape index (κ3) is 6.54. The number of carbonyl (C=O) groups is 2. The first-order valence-electron chi connectivity index (χ1n) is 9.64. The van der Waals surface area contributed by atoms with Crippen LogP contribution in [0.2, 0.25) is 0 Å². The van der Waals surface area contributed by atoms with Gasteiger partial charge in [-0.15, -0.1) is 0 Å². The molecule has 2 atom stereocenters. The fourth-order valence-electron chi connectivity index (χ4n) is 3.00. The van der Waals surface area contributed by atoms with Gasteiger partial charge in [-0.1, -0.05) is 6.07 Å². The molecule has 0 saturated carbocycles. The van der Waals surface area contributed by atoms with Crippen LogP contribution in [0, 0.1) is 0 Å². The summed E-state index contributed by atoms with van der Waals surface area (Å²) in [5, 5.41) is 5.61. The molecule has 1 saturated heterocycles. The van der Waals surface area contributed by atoms with E-state index < -0.39 is 11.9 Å². The summed E-state index contributed by atoms with van der Waals surface area (Å²) in [4.78, 5) is 25.1. The lowest BCUT2D eigenvalue weighted by Crippen LogP contribution is -2.44. The van der Waals surface area contributed by atoms with Gasteiger partial charge in [-0.2, -0.15) is 11.8 Å². The molecule has 2 heterocycles. The number of amides is 2. The van der Waals surface area contributed by atoms with Crippen molar-refractivity contribution in [3.8, 4) is 5.75 Å². The van der Waals surface area contributed by atoms with Crippen LogP contribution in [-0.2, 0) is 9.53 Å². The summed E-state index contributed by atoms with van der Waals surface area (Å²) >= 11 is 1.61. The second-order valence-corrected chi connectivity index (χ2v) is 7.73. The summed E-state index contributed by atoms with van der Waals surface area (Å²) in [6.07, 6.45) is 6.08. The number of anilines is 1. The molecule has 1 fully saturated rings. The molecule has 2 aromatic rings. The molecule has 156 valence electrons. The lowest BCUT2D eigenvalue weighted by molar-refractivity contribution is -0.118. The van der Waals surface area contributed by atoms with Crippen LogP contribution in [0.1, 0.15) is 29.8 Å². The number of benzene rings is 1. The maximum atomic E-state index is 12.8. The Labute approximate surface area is 174 Å². The average molecular weight is 419 g/mol. The van der Waals surface area contributed by atoms with E-state index in [2.05, 4.69) is 10.6 Å². The predicted molar refractivity (Wildman–Crippen MR) is 113 cm³/mol. The van der Waals surface area contributed by atoms with Gasteiger partial charge in [0.2, 0.25) is 5.91 Å². The summed E-state index contributed by atoms with van der Waals surface area (Å²) in [5.41, 5.74) is 0.612. The number of ether oxygens (including phenoxy) is 2. The van der Waals surface area contributed by atoms with E-state index in [-0.39, 0.29) is 17.8 Å². The maximum absolute atomic E-state index is 12.8. The Morgan fingerprint density at radius 1 is 1.31 bits per heavy atom. The van der Waals surface area contributed by atoms with Crippen molar-refractivity contribution < 1.29 is 23.5 Å². The zero-order valence-electron chi connectivity index (χ0n) is 16.4. The van der Waals surface area contributed by atoms with Crippen molar-refractivity contribution in [1.29, 1.82) is 0 Å². The highest BCUT2D eigenvalue weighted by Crippen LogP contribution is 2.20. The molecule has 29 heavy (non-hydrogen) atoms. The van der Waals surface area contributed by atoms with Crippen molar-refractivity contribution in [1.82, 2.24) is 5.32 Å². The van der Waals surface area contributed by atoms with Gasteiger partial charge in [-0.3, -0.25) is 9.59 Å². The van der Waals surface area contributed by atoms with Crippen molar-refractivity contribution >= 4 is 29.3 Å². The molecule has 2 N–H and O–H groups in total. The molecule has 0 aliphatic carbocycles. The van der Waals surface area contributed by atoms with Crippen molar-refractivity contribution in [3.63, 3.8) is 0 Å². The van der Waals surface area contributed by atoms with Gasteiger partial charge in [-0.05, 0) is 55.5 Å². The Morgan fingerprint density at radius 2 is 2.21 bits per heavy atom. The molecular formula is C21H26N2O5S. The molecule has 7 nitrogen and oxygen atoms in total. The monoisotopic (exact) mass is 418 g/mol. The predicted octanol–water partition coefficient (Wildman–Crippen LogP) is 3.33. The molecule has 0 spiro atoms. The third-order valence-corrected chi connectivity index (χ3v) is 5.18. The number of furan rings is 1. The van der Waals surface area contributed by atoms with Gasteiger partial charge in [0.05, 0.1) is 12.4 Å². The summed E-state index contributed by atoms with van der Waals surface area (Å²) < 4.78 is 16.5. The molecule has 1 aromatic carbocycles. The largest absolute Gasteiger partial charge is 0.491 e. The standard InChI is InChI=1S/C21H26N2O5S/c1-29-12-9-18(23-21(25)19-8-4-11-27-19)20(24)22-15-5-2-6-16(13-15)28-14-17-7-3-10-26-17/h2,4-6,8,11,13,17-18H,3,7,9-10,12,14H2,1H3,(H,22,24)(H,23,25). The molecule has 1 aliphatic rings. The quantitative estimate of drug-likeness (QED) is 0.615. The minimum atomic E-state index is -0.670. The highest BCUT2D eigenvalue weighted by Gasteiger charge is 2.22. The molecule has 2 amide bonds. The molecule has 3 rings (SSSR count). The van der Waals surface area contributed by atoms with Crippen LogP contribution in [0.3, 0.4) is 0 Å². The van der Waals surface area contributed by atoms with Gasteiger partial charge in [0.25, 0.3) is 5.91 Å². The van der Waals surface area contributed by atoms with Crippen LogP contribution in [0.25, 0.3) is 0 Å². The van der Waals surface area contributed by atoms with Gasteiger partial charge in [0.15, 0.2) is 5.76 Å². The Kier molecular flexibility index (Phi) is 8.01. The summed E-state index contributed by atoms with van der Waals surface area (Å²) in [5.74, 6) is 0.885. The molecule has 8 heteroatoms. The van der Waals surface area contributed by atoms with E-state index >= 15 is 0 Å². The van der Waals surface area contributed by atoms with E-state index in [9.17, 15) is 9.59 Å². The zero-order valence-corrected chi connectivity index (χ0v) is 17.2. The van der Waals surface area contributed by atoms with Gasteiger partial charge < -0.3 is 24.5 Å². The normalized spacial score (nSPS) is 16.9. The topological polar surface area (TPSA) is 89.8 Å². The fraction of sp³-hybridized carbons (Fsp3) is 0.429. The molecule has 1 aliphatic heterocycles. The van der Waals surface area contributed by atoms with Crippen LogP contribution in [-0.4, -0.2) is 49.2 Å². The number of hydrogen-bond donors (Lipinski definition) is 2. The third-order valence-electron chi connectivity index (χ3n) is 4.54. The Morgan fingerprint density at radius 3 is 2.93 bits per heavy atom. The van der Waals surface area contributed by atoms with Crippen LogP contribution >= 0.6 is 11.8 Å². The van der Waals surface area contributed by atoms with Crippen molar-refractivity contribution in [2.75, 3.05) is 30.5 Å². The molecule has 0 bridgehead atoms. The van der Waals surface area contributed by atoms with Crippen LogP contribution < -0.4 is 15.4 Å². The molecule has 1 aromatic heterocycles. The Balaban J connectivity index is 1.58. The second-order valence-electron chi connectivity index (χ2n) is 6.75. The molecule has 2 unspecified atom stereocenters. The van der Waals surface area contributed by atoms with E-state index in [1.807, 2.05) is 18.4 Å². The Bertz CT molecular complexity index is 790. The van der Waals surface area contributed by atoms with Crippen LogP contribution in [0.4, 0.5) is 5.69 Å². The minimum Gasteiger partial charge on any atom is -0.491 e. The minimum absolute atomic E-state index is 0.126.